The zero-order chi connectivity index (χ0) is 21.9. The van der Waals surface area contributed by atoms with Crippen LogP contribution in [0.4, 0.5) is 0 Å². The molecular formula is C24H36IN5O2. The maximum atomic E-state index is 5.91. The van der Waals surface area contributed by atoms with Crippen molar-refractivity contribution < 1.29 is 9.47 Å². The number of aromatic nitrogens is 1. The van der Waals surface area contributed by atoms with Crippen molar-refractivity contribution in [1.82, 2.24) is 20.5 Å². The van der Waals surface area contributed by atoms with Crippen molar-refractivity contribution in [1.29, 1.82) is 0 Å². The molecule has 0 saturated carbocycles. The van der Waals surface area contributed by atoms with Crippen LogP contribution >= 0.6 is 24.0 Å². The summed E-state index contributed by atoms with van der Waals surface area (Å²) in [4.78, 5) is 11.1. The maximum Gasteiger partial charge on any atom is 0.213 e. The Labute approximate surface area is 209 Å². The zero-order valence-electron chi connectivity index (χ0n) is 19.3. The lowest BCUT2D eigenvalue weighted by molar-refractivity contribution is -0.0284. The van der Waals surface area contributed by atoms with Gasteiger partial charge in [-0.05, 0) is 23.1 Å². The Kier molecular flexibility index (Phi) is 11.8. The van der Waals surface area contributed by atoms with E-state index < -0.39 is 0 Å². The lowest BCUT2D eigenvalue weighted by Gasteiger charge is -2.34. The van der Waals surface area contributed by atoms with E-state index in [-0.39, 0.29) is 30.1 Å². The van der Waals surface area contributed by atoms with E-state index in [1.807, 2.05) is 42.5 Å². The molecule has 8 heteroatoms. The predicted octanol–water partition coefficient (Wildman–Crippen LogP) is 3.30. The molecule has 2 aromatic rings. The van der Waals surface area contributed by atoms with Crippen LogP contribution in [0, 0.1) is 5.92 Å². The van der Waals surface area contributed by atoms with Gasteiger partial charge >= 0.3 is 0 Å². The van der Waals surface area contributed by atoms with Crippen LogP contribution in [0.25, 0.3) is 0 Å². The predicted molar refractivity (Wildman–Crippen MR) is 140 cm³/mol. The van der Waals surface area contributed by atoms with Gasteiger partial charge in [-0.3, -0.25) is 9.89 Å². The van der Waals surface area contributed by atoms with Gasteiger partial charge in [0.25, 0.3) is 0 Å². The summed E-state index contributed by atoms with van der Waals surface area (Å²) in [5, 5.41) is 6.74. The SMILES string of the molecule is CN=C(NCc1ccnc(OCc2ccccc2)c1)NCC1CN(CC(C)C)CCO1.I. The number of guanidine groups is 1. The summed E-state index contributed by atoms with van der Waals surface area (Å²) in [5.74, 6) is 2.04. The fraction of sp³-hybridized carbons (Fsp3) is 0.500. The summed E-state index contributed by atoms with van der Waals surface area (Å²) in [5.41, 5.74) is 2.20. The van der Waals surface area contributed by atoms with Crippen molar-refractivity contribution in [3.63, 3.8) is 0 Å². The van der Waals surface area contributed by atoms with E-state index in [0.29, 0.717) is 24.9 Å². The molecule has 1 aromatic carbocycles. The van der Waals surface area contributed by atoms with E-state index in [0.717, 1.165) is 49.9 Å². The molecule has 1 atom stereocenters. The summed E-state index contributed by atoms with van der Waals surface area (Å²) < 4.78 is 11.7. The number of pyridine rings is 1. The Balaban J connectivity index is 0.00000363. The molecule has 1 fully saturated rings. The van der Waals surface area contributed by atoms with E-state index in [9.17, 15) is 0 Å². The number of hydrogen-bond acceptors (Lipinski definition) is 5. The number of ether oxygens (including phenoxy) is 2. The Morgan fingerprint density at radius 1 is 1.22 bits per heavy atom. The van der Waals surface area contributed by atoms with Gasteiger partial charge in [0, 0.05) is 52.0 Å². The fourth-order valence-corrected chi connectivity index (χ4v) is 3.57. The van der Waals surface area contributed by atoms with Crippen LogP contribution in [0.2, 0.25) is 0 Å². The van der Waals surface area contributed by atoms with Crippen LogP contribution in [0.5, 0.6) is 5.88 Å². The van der Waals surface area contributed by atoms with E-state index in [1.54, 1.807) is 13.2 Å². The second kappa shape index (κ2) is 14.3. The van der Waals surface area contributed by atoms with Gasteiger partial charge in [-0.15, -0.1) is 24.0 Å². The van der Waals surface area contributed by atoms with Gasteiger partial charge in [-0.1, -0.05) is 44.2 Å². The summed E-state index contributed by atoms with van der Waals surface area (Å²) in [7, 11) is 1.78. The largest absolute Gasteiger partial charge is 0.473 e. The van der Waals surface area contributed by atoms with Crippen LogP contribution in [-0.4, -0.2) is 61.8 Å². The number of nitrogens with one attached hydrogen (secondary N) is 2. The van der Waals surface area contributed by atoms with E-state index >= 15 is 0 Å². The third-order valence-electron chi connectivity index (χ3n) is 5.06. The first-order valence-corrected chi connectivity index (χ1v) is 11.0. The molecule has 32 heavy (non-hydrogen) atoms. The average Bonchev–Trinajstić information content (AvgIpc) is 2.79. The quantitative estimate of drug-likeness (QED) is 0.282. The molecule has 1 saturated heterocycles. The molecule has 1 aromatic heterocycles. The average molecular weight is 553 g/mol. The van der Waals surface area contributed by atoms with Gasteiger partial charge in [0.05, 0.1) is 12.7 Å². The third-order valence-corrected chi connectivity index (χ3v) is 5.06. The second-order valence-electron chi connectivity index (χ2n) is 8.23. The zero-order valence-corrected chi connectivity index (χ0v) is 21.6. The molecule has 1 aliphatic heterocycles. The Bertz CT molecular complexity index is 819. The van der Waals surface area contributed by atoms with E-state index in [2.05, 4.69) is 39.4 Å². The van der Waals surface area contributed by atoms with Crippen LogP contribution in [0.15, 0.2) is 53.7 Å². The number of rotatable bonds is 9. The van der Waals surface area contributed by atoms with Gasteiger partial charge < -0.3 is 20.1 Å². The van der Waals surface area contributed by atoms with Crippen molar-refractivity contribution in [3.05, 3.63) is 59.8 Å². The van der Waals surface area contributed by atoms with Gasteiger partial charge in [-0.25, -0.2) is 4.98 Å². The summed E-state index contributed by atoms with van der Waals surface area (Å²) in [6.07, 6.45) is 1.94. The molecule has 0 spiro atoms. The number of morpholine rings is 1. The third kappa shape index (κ3) is 9.30. The number of aliphatic imine (C=N–C) groups is 1. The molecule has 3 rings (SSSR count). The molecule has 1 aliphatic rings. The highest BCUT2D eigenvalue weighted by molar-refractivity contribution is 14.0. The van der Waals surface area contributed by atoms with Crippen molar-refractivity contribution in [2.45, 2.75) is 33.1 Å². The fourth-order valence-electron chi connectivity index (χ4n) is 3.57. The lowest BCUT2D eigenvalue weighted by atomic mass is 10.2. The van der Waals surface area contributed by atoms with Crippen molar-refractivity contribution >= 4 is 29.9 Å². The van der Waals surface area contributed by atoms with Gasteiger partial charge in [0.2, 0.25) is 5.88 Å². The minimum atomic E-state index is 0. The molecule has 1 unspecified atom stereocenters. The molecule has 176 valence electrons. The van der Waals surface area contributed by atoms with E-state index in [1.165, 1.54) is 0 Å². The highest BCUT2D eigenvalue weighted by atomic mass is 127. The molecule has 0 bridgehead atoms. The maximum absolute atomic E-state index is 5.91. The molecule has 0 radical (unpaired) electrons. The Morgan fingerprint density at radius 2 is 2.03 bits per heavy atom. The molecular weight excluding hydrogens is 517 g/mol. The molecule has 2 N–H and O–H groups in total. The smallest absolute Gasteiger partial charge is 0.213 e. The number of nitrogens with zero attached hydrogens (tertiary/aromatic N) is 3. The van der Waals surface area contributed by atoms with Gasteiger partial charge in [0.15, 0.2) is 5.96 Å². The van der Waals surface area contributed by atoms with Gasteiger partial charge in [0.1, 0.15) is 6.61 Å². The van der Waals surface area contributed by atoms with Crippen molar-refractivity contribution in [2.24, 2.45) is 10.9 Å². The molecule has 7 nitrogen and oxygen atoms in total. The van der Waals surface area contributed by atoms with Crippen molar-refractivity contribution in [3.8, 4) is 5.88 Å². The Morgan fingerprint density at radius 3 is 2.78 bits per heavy atom. The summed E-state index contributed by atoms with van der Waals surface area (Å²) in [6, 6.07) is 14.0. The minimum absolute atomic E-state index is 0. The number of hydrogen-bond donors (Lipinski definition) is 2. The highest BCUT2D eigenvalue weighted by Gasteiger charge is 2.21. The first-order chi connectivity index (χ1) is 15.1. The monoisotopic (exact) mass is 553 g/mol. The van der Waals surface area contributed by atoms with Crippen molar-refractivity contribution in [2.75, 3.05) is 39.8 Å². The highest BCUT2D eigenvalue weighted by Crippen LogP contribution is 2.12. The topological polar surface area (TPSA) is 71.0 Å². The minimum Gasteiger partial charge on any atom is -0.473 e. The number of halogens is 1. The van der Waals surface area contributed by atoms with Crippen LogP contribution in [0.3, 0.4) is 0 Å². The van der Waals surface area contributed by atoms with Gasteiger partial charge in [-0.2, -0.15) is 0 Å². The normalized spacial score (nSPS) is 17.0. The molecule has 0 aliphatic carbocycles. The summed E-state index contributed by atoms with van der Waals surface area (Å²) in [6.45, 7) is 10.2. The standard InChI is InChI=1S/C24H35N5O2.HI/c1-19(2)16-29-11-12-30-22(17-29)15-28-24(25-3)27-14-21-9-10-26-23(13-21)31-18-20-7-5-4-6-8-20;/h4-10,13,19,22H,11-12,14-18H2,1-3H3,(H2,25,27,28);1H. The van der Waals surface area contributed by atoms with Crippen LogP contribution in [0.1, 0.15) is 25.0 Å². The second-order valence-corrected chi connectivity index (χ2v) is 8.23. The van der Waals surface area contributed by atoms with Crippen LogP contribution < -0.4 is 15.4 Å². The first kappa shape index (κ1) is 26.3. The Hall–Kier alpha value is -1.91. The lowest BCUT2D eigenvalue weighted by Crippen LogP contribution is -2.50. The molecule has 2 heterocycles. The summed E-state index contributed by atoms with van der Waals surface area (Å²) >= 11 is 0. The van der Waals surface area contributed by atoms with Crippen LogP contribution in [-0.2, 0) is 17.9 Å². The first-order valence-electron chi connectivity index (χ1n) is 11.0. The van der Waals surface area contributed by atoms with E-state index in [4.69, 9.17) is 9.47 Å². The molecule has 0 amide bonds. The number of benzene rings is 1.